The normalized spacial score (nSPS) is 10.5. The fraction of sp³-hybridized carbons (Fsp3) is 0.200. The first-order chi connectivity index (χ1) is 9.88. The van der Waals surface area contributed by atoms with E-state index in [4.69, 9.17) is 23.2 Å². The Bertz CT molecular complexity index is 741. The van der Waals surface area contributed by atoms with Crippen LogP contribution in [0.25, 0.3) is 0 Å². The molecule has 0 fully saturated rings. The Balaban J connectivity index is 2.19. The van der Waals surface area contributed by atoms with Crippen molar-refractivity contribution in [1.29, 1.82) is 0 Å². The monoisotopic (exact) mass is 324 g/mol. The van der Waals surface area contributed by atoms with Gasteiger partial charge in [-0.15, -0.1) is 0 Å². The highest BCUT2D eigenvalue weighted by atomic mass is 35.5. The van der Waals surface area contributed by atoms with Crippen LogP contribution < -0.4 is 5.43 Å². The Morgan fingerprint density at radius 2 is 1.95 bits per heavy atom. The molecule has 1 heterocycles. The summed E-state index contributed by atoms with van der Waals surface area (Å²) in [6, 6.07) is 6.57. The molecule has 1 aromatic carbocycles. The van der Waals surface area contributed by atoms with E-state index in [1.807, 2.05) is 0 Å². The lowest BCUT2D eigenvalue weighted by Crippen LogP contribution is -2.30. The molecule has 0 aliphatic carbocycles. The fourth-order valence-corrected chi connectivity index (χ4v) is 2.25. The van der Waals surface area contributed by atoms with Gasteiger partial charge in [-0.2, -0.15) is 0 Å². The average Bonchev–Trinajstić information content (AvgIpc) is 2.42. The van der Waals surface area contributed by atoms with Crippen molar-refractivity contribution >= 4 is 29.1 Å². The second-order valence-corrected chi connectivity index (χ2v) is 5.62. The zero-order valence-electron chi connectivity index (χ0n) is 11.6. The summed E-state index contributed by atoms with van der Waals surface area (Å²) in [5.74, 6) is -0.345. The summed E-state index contributed by atoms with van der Waals surface area (Å²) < 4.78 is 0. The van der Waals surface area contributed by atoms with Crippen molar-refractivity contribution in [1.82, 2.24) is 9.88 Å². The molecule has 0 saturated heterocycles. The molecule has 4 nitrogen and oxygen atoms in total. The van der Waals surface area contributed by atoms with Crippen LogP contribution in [0.1, 0.15) is 21.6 Å². The number of nitrogens with one attached hydrogen (secondary N) is 1. The van der Waals surface area contributed by atoms with E-state index >= 15 is 0 Å². The lowest BCUT2D eigenvalue weighted by Gasteiger charge is -2.17. The van der Waals surface area contributed by atoms with E-state index in [0.29, 0.717) is 22.3 Å². The average molecular weight is 325 g/mol. The third-order valence-corrected chi connectivity index (χ3v) is 3.78. The minimum Gasteiger partial charge on any atom is -0.364 e. The number of carbonyl (C=O) groups excluding carboxylic acids is 1. The van der Waals surface area contributed by atoms with Crippen LogP contribution in [0.15, 0.2) is 35.3 Å². The molecule has 0 saturated carbocycles. The van der Waals surface area contributed by atoms with Gasteiger partial charge < -0.3 is 9.88 Å². The number of hydrogen-bond acceptors (Lipinski definition) is 2. The molecule has 110 valence electrons. The van der Waals surface area contributed by atoms with Crippen molar-refractivity contribution in [3.05, 3.63) is 67.6 Å². The Morgan fingerprint density at radius 3 is 2.57 bits per heavy atom. The molecule has 2 aromatic rings. The number of aryl methyl sites for hydroxylation is 1. The zero-order chi connectivity index (χ0) is 15.6. The number of carbonyl (C=O) groups is 1. The van der Waals surface area contributed by atoms with E-state index < -0.39 is 0 Å². The summed E-state index contributed by atoms with van der Waals surface area (Å²) >= 11 is 11.8. The lowest BCUT2D eigenvalue weighted by molar-refractivity contribution is 0.0783. The molecule has 0 aliphatic rings. The number of halogens is 2. The number of benzene rings is 1. The molecular formula is C15H14Cl2N2O2. The van der Waals surface area contributed by atoms with Crippen molar-refractivity contribution in [2.45, 2.75) is 13.5 Å². The highest BCUT2D eigenvalue weighted by Gasteiger charge is 2.15. The predicted molar refractivity (Wildman–Crippen MR) is 84.1 cm³/mol. The van der Waals surface area contributed by atoms with E-state index in [0.717, 1.165) is 5.56 Å². The predicted octanol–water partition coefficient (Wildman–Crippen LogP) is 3.26. The quantitative estimate of drug-likeness (QED) is 0.942. The van der Waals surface area contributed by atoms with E-state index in [1.165, 1.54) is 17.2 Å². The Kier molecular flexibility index (Phi) is 4.70. The van der Waals surface area contributed by atoms with Gasteiger partial charge in [-0.25, -0.2) is 0 Å². The zero-order valence-corrected chi connectivity index (χ0v) is 13.1. The highest BCUT2D eigenvalue weighted by molar-refractivity contribution is 6.42. The van der Waals surface area contributed by atoms with Gasteiger partial charge in [0.15, 0.2) is 5.43 Å². The Labute approximate surface area is 132 Å². The molecule has 2 rings (SSSR count). The molecule has 0 aliphatic heterocycles. The minimum absolute atomic E-state index is 0.114. The molecule has 1 amide bonds. The number of amides is 1. The Morgan fingerprint density at radius 1 is 1.24 bits per heavy atom. The number of aromatic nitrogens is 1. The maximum atomic E-state index is 12.3. The topological polar surface area (TPSA) is 53.2 Å². The molecular weight excluding hydrogens is 311 g/mol. The molecule has 1 N–H and O–H groups in total. The standard InChI is InChI=1S/C15H14Cl2N2O2/c1-9-5-14(20)11(7-18-9)15(21)19(2)8-10-3-4-12(16)13(17)6-10/h3-7H,8H2,1-2H3,(H,18,20). The summed E-state index contributed by atoms with van der Waals surface area (Å²) in [6.07, 6.45) is 1.44. The van der Waals surface area contributed by atoms with Gasteiger partial charge >= 0.3 is 0 Å². The van der Waals surface area contributed by atoms with Gasteiger partial charge in [-0.3, -0.25) is 9.59 Å². The largest absolute Gasteiger partial charge is 0.364 e. The van der Waals surface area contributed by atoms with Crippen LogP contribution in [0.3, 0.4) is 0 Å². The summed E-state index contributed by atoms with van der Waals surface area (Å²) in [5, 5.41) is 0.896. The molecule has 6 heteroatoms. The van der Waals surface area contributed by atoms with Gasteiger partial charge in [0.25, 0.3) is 5.91 Å². The van der Waals surface area contributed by atoms with Crippen LogP contribution in [0, 0.1) is 6.92 Å². The number of hydrogen-bond donors (Lipinski definition) is 1. The molecule has 0 atom stereocenters. The highest BCUT2D eigenvalue weighted by Crippen LogP contribution is 2.23. The summed E-state index contributed by atoms with van der Waals surface area (Å²) in [4.78, 5) is 28.4. The second kappa shape index (κ2) is 6.33. The Hall–Kier alpha value is -1.78. The van der Waals surface area contributed by atoms with Crippen LogP contribution in [0.5, 0.6) is 0 Å². The molecule has 1 aromatic heterocycles. The van der Waals surface area contributed by atoms with Crippen LogP contribution in [-0.4, -0.2) is 22.8 Å². The van der Waals surface area contributed by atoms with Crippen LogP contribution in [0.4, 0.5) is 0 Å². The van der Waals surface area contributed by atoms with E-state index in [-0.39, 0.29) is 16.9 Å². The van der Waals surface area contributed by atoms with Gasteiger partial charge in [0.05, 0.1) is 10.0 Å². The van der Waals surface area contributed by atoms with Crippen molar-refractivity contribution in [3.8, 4) is 0 Å². The van der Waals surface area contributed by atoms with Crippen molar-refractivity contribution in [2.24, 2.45) is 0 Å². The smallest absolute Gasteiger partial charge is 0.259 e. The van der Waals surface area contributed by atoms with Crippen molar-refractivity contribution < 1.29 is 4.79 Å². The maximum absolute atomic E-state index is 12.3. The van der Waals surface area contributed by atoms with E-state index in [1.54, 1.807) is 32.2 Å². The SMILES string of the molecule is Cc1cc(=O)c(C(=O)N(C)Cc2ccc(Cl)c(Cl)c2)c[nH]1. The van der Waals surface area contributed by atoms with Gasteiger partial charge in [0.1, 0.15) is 5.56 Å². The van der Waals surface area contributed by atoms with Crippen LogP contribution in [0.2, 0.25) is 10.0 Å². The maximum Gasteiger partial charge on any atom is 0.259 e. The first-order valence-electron chi connectivity index (χ1n) is 6.27. The van der Waals surface area contributed by atoms with Gasteiger partial charge in [-0.05, 0) is 24.6 Å². The summed E-state index contributed by atoms with van der Waals surface area (Å²) in [7, 11) is 1.63. The van der Waals surface area contributed by atoms with E-state index in [9.17, 15) is 9.59 Å². The second-order valence-electron chi connectivity index (χ2n) is 4.80. The number of H-pyrrole nitrogens is 1. The third-order valence-electron chi connectivity index (χ3n) is 3.04. The summed E-state index contributed by atoms with van der Waals surface area (Å²) in [5.41, 5.74) is 1.37. The summed E-state index contributed by atoms with van der Waals surface area (Å²) in [6.45, 7) is 2.10. The first-order valence-corrected chi connectivity index (χ1v) is 7.03. The van der Waals surface area contributed by atoms with E-state index in [2.05, 4.69) is 4.98 Å². The fourth-order valence-electron chi connectivity index (χ4n) is 1.93. The minimum atomic E-state index is -0.345. The number of pyridine rings is 1. The lowest BCUT2D eigenvalue weighted by atomic mass is 10.2. The number of nitrogens with zero attached hydrogens (tertiary/aromatic N) is 1. The van der Waals surface area contributed by atoms with Crippen molar-refractivity contribution in [2.75, 3.05) is 7.05 Å². The number of rotatable bonds is 3. The molecule has 0 spiro atoms. The molecule has 0 radical (unpaired) electrons. The van der Waals surface area contributed by atoms with Gasteiger partial charge in [0.2, 0.25) is 0 Å². The first kappa shape index (κ1) is 15.6. The molecule has 21 heavy (non-hydrogen) atoms. The van der Waals surface area contributed by atoms with Crippen LogP contribution in [-0.2, 0) is 6.54 Å². The van der Waals surface area contributed by atoms with Gasteiger partial charge in [-0.1, -0.05) is 29.3 Å². The molecule has 0 bridgehead atoms. The van der Waals surface area contributed by atoms with Crippen LogP contribution >= 0.6 is 23.2 Å². The third kappa shape index (κ3) is 3.65. The molecule has 0 unspecified atom stereocenters. The number of aromatic amines is 1. The van der Waals surface area contributed by atoms with Gasteiger partial charge in [0, 0.05) is 31.5 Å². The van der Waals surface area contributed by atoms with Crippen molar-refractivity contribution in [3.63, 3.8) is 0 Å².